The molecule has 0 spiro atoms. The Hall–Kier alpha value is -2.60. The fourth-order valence-electron chi connectivity index (χ4n) is 2.78. The van der Waals surface area contributed by atoms with Gasteiger partial charge in [-0.15, -0.1) is 0 Å². The van der Waals surface area contributed by atoms with Gasteiger partial charge in [0.1, 0.15) is 0 Å². The summed E-state index contributed by atoms with van der Waals surface area (Å²) in [5, 5.41) is 7.63. The van der Waals surface area contributed by atoms with E-state index in [2.05, 4.69) is 16.1 Å². The molecule has 23 heavy (non-hydrogen) atoms. The molecule has 3 rings (SSSR count). The molecular formula is C17H19FN4O. The van der Waals surface area contributed by atoms with Crippen LogP contribution in [0.1, 0.15) is 21.5 Å². The van der Waals surface area contributed by atoms with Crippen molar-refractivity contribution in [2.45, 2.75) is 13.1 Å². The summed E-state index contributed by atoms with van der Waals surface area (Å²) in [6, 6.07) is 10.8. The molecule has 0 saturated carbocycles. The van der Waals surface area contributed by atoms with E-state index in [9.17, 15) is 9.18 Å². The summed E-state index contributed by atoms with van der Waals surface area (Å²) in [5.41, 5.74) is 6.37. The monoisotopic (exact) mass is 314 g/mol. The van der Waals surface area contributed by atoms with E-state index in [1.165, 1.54) is 0 Å². The van der Waals surface area contributed by atoms with Gasteiger partial charge in [-0.05, 0) is 18.2 Å². The molecule has 0 aromatic heterocycles. The number of amides is 1. The lowest BCUT2D eigenvalue weighted by Crippen LogP contribution is -2.34. The van der Waals surface area contributed by atoms with Crippen LogP contribution >= 0.6 is 0 Å². The Labute approximate surface area is 134 Å². The topological polar surface area (TPSA) is 56.4 Å². The average Bonchev–Trinajstić information content (AvgIpc) is 2.91. The van der Waals surface area contributed by atoms with Crippen LogP contribution in [0.2, 0.25) is 0 Å². The van der Waals surface area contributed by atoms with Gasteiger partial charge in [-0.3, -0.25) is 9.80 Å². The van der Waals surface area contributed by atoms with Gasteiger partial charge in [0.2, 0.25) is 0 Å². The zero-order valence-corrected chi connectivity index (χ0v) is 13.1. The first-order valence-corrected chi connectivity index (χ1v) is 7.46. The van der Waals surface area contributed by atoms with Crippen LogP contribution in [-0.4, -0.2) is 25.0 Å². The van der Waals surface area contributed by atoms with E-state index in [1.807, 2.05) is 24.3 Å². The second-order valence-electron chi connectivity index (χ2n) is 5.33. The first kappa shape index (κ1) is 15.3. The standard InChI is InChI=1S/C17H19FN4O/c1-19-15-8-3-5-11(16(15)18)9-21-14-7-4-6-12-13(14)10-22(20-2)17(12)23/h3-8,19-21H,9-10H2,1-2H3. The van der Waals surface area contributed by atoms with E-state index in [0.29, 0.717) is 29.9 Å². The maximum atomic E-state index is 14.3. The molecule has 0 fully saturated rings. The molecule has 1 aliphatic heterocycles. The predicted molar refractivity (Wildman–Crippen MR) is 88.6 cm³/mol. The number of benzene rings is 2. The molecule has 0 saturated heterocycles. The lowest BCUT2D eigenvalue weighted by Gasteiger charge is -2.14. The third kappa shape index (κ3) is 2.73. The summed E-state index contributed by atoms with van der Waals surface area (Å²) in [4.78, 5) is 12.2. The number of hydrogen-bond acceptors (Lipinski definition) is 4. The molecule has 0 bridgehead atoms. The van der Waals surface area contributed by atoms with Gasteiger partial charge in [0.25, 0.3) is 5.91 Å². The van der Waals surface area contributed by atoms with Crippen LogP contribution in [0.15, 0.2) is 36.4 Å². The molecule has 0 unspecified atom stereocenters. The third-order valence-corrected chi connectivity index (χ3v) is 4.06. The van der Waals surface area contributed by atoms with Crippen molar-refractivity contribution in [1.82, 2.24) is 10.4 Å². The molecule has 2 aromatic rings. The minimum absolute atomic E-state index is 0.0467. The van der Waals surface area contributed by atoms with E-state index in [4.69, 9.17) is 0 Å². The number of halogens is 1. The summed E-state index contributed by atoms with van der Waals surface area (Å²) < 4.78 is 14.3. The number of hydrazine groups is 1. The van der Waals surface area contributed by atoms with Gasteiger partial charge in [-0.25, -0.2) is 9.82 Å². The minimum Gasteiger partial charge on any atom is -0.386 e. The smallest absolute Gasteiger partial charge is 0.268 e. The van der Waals surface area contributed by atoms with Gasteiger partial charge in [0.05, 0.1) is 12.2 Å². The Morgan fingerprint density at radius 2 is 1.87 bits per heavy atom. The van der Waals surface area contributed by atoms with Gasteiger partial charge < -0.3 is 10.6 Å². The Balaban J connectivity index is 1.82. The van der Waals surface area contributed by atoms with Crippen LogP contribution in [0, 0.1) is 5.82 Å². The van der Waals surface area contributed by atoms with Crippen molar-refractivity contribution in [2.75, 3.05) is 24.7 Å². The Bertz CT molecular complexity index is 747. The van der Waals surface area contributed by atoms with Crippen LogP contribution in [-0.2, 0) is 13.1 Å². The summed E-state index contributed by atoms with van der Waals surface area (Å²) in [6.45, 7) is 0.846. The maximum Gasteiger partial charge on any atom is 0.268 e. The SMILES string of the molecule is CNc1cccc(CNc2cccc3c2CN(NC)C3=O)c1F. The van der Waals surface area contributed by atoms with Crippen molar-refractivity contribution < 1.29 is 9.18 Å². The Kier molecular flexibility index (Phi) is 4.16. The molecule has 120 valence electrons. The summed E-state index contributed by atoms with van der Waals surface area (Å²) in [6.07, 6.45) is 0. The largest absolute Gasteiger partial charge is 0.386 e. The van der Waals surface area contributed by atoms with Gasteiger partial charge in [0.15, 0.2) is 5.82 Å². The van der Waals surface area contributed by atoms with Gasteiger partial charge in [-0.2, -0.15) is 0 Å². The number of carbonyl (C=O) groups is 1. The van der Waals surface area contributed by atoms with Crippen molar-refractivity contribution in [2.24, 2.45) is 0 Å². The van der Waals surface area contributed by atoms with Crippen molar-refractivity contribution in [3.05, 3.63) is 58.9 Å². The zero-order valence-electron chi connectivity index (χ0n) is 13.1. The van der Waals surface area contributed by atoms with Crippen LogP contribution < -0.4 is 16.1 Å². The van der Waals surface area contributed by atoms with Gasteiger partial charge in [-0.1, -0.05) is 18.2 Å². The van der Waals surface area contributed by atoms with Crippen molar-refractivity contribution in [1.29, 1.82) is 0 Å². The molecule has 0 aliphatic carbocycles. The summed E-state index contributed by atoms with van der Waals surface area (Å²) in [7, 11) is 3.41. The first-order chi connectivity index (χ1) is 11.2. The summed E-state index contributed by atoms with van der Waals surface area (Å²) in [5.74, 6) is -0.308. The van der Waals surface area contributed by atoms with Crippen molar-refractivity contribution in [3.63, 3.8) is 0 Å². The second kappa shape index (κ2) is 6.26. The minimum atomic E-state index is -0.261. The quantitative estimate of drug-likeness (QED) is 0.794. The van der Waals surface area contributed by atoms with E-state index in [1.54, 1.807) is 31.2 Å². The number of nitrogens with one attached hydrogen (secondary N) is 3. The number of nitrogens with zero attached hydrogens (tertiary/aromatic N) is 1. The molecule has 1 heterocycles. The molecule has 1 amide bonds. The van der Waals surface area contributed by atoms with Gasteiger partial charge in [0, 0.05) is 43.0 Å². The third-order valence-electron chi connectivity index (χ3n) is 4.06. The molecule has 5 nitrogen and oxygen atoms in total. The molecule has 0 atom stereocenters. The van der Waals surface area contributed by atoms with E-state index in [0.717, 1.165) is 11.3 Å². The number of carbonyl (C=O) groups excluding carboxylic acids is 1. The number of anilines is 2. The fourth-order valence-corrected chi connectivity index (χ4v) is 2.78. The van der Waals surface area contributed by atoms with E-state index >= 15 is 0 Å². The molecule has 6 heteroatoms. The summed E-state index contributed by atoms with van der Waals surface area (Å²) >= 11 is 0. The highest BCUT2D eigenvalue weighted by atomic mass is 19.1. The lowest BCUT2D eigenvalue weighted by molar-refractivity contribution is 0.0707. The second-order valence-corrected chi connectivity index (χ2v) is 5.33. The van der Waals surface area contributed by atoms with E-state index < -0.39 is 0 Å². The normalized spacial score (nSPS) is 13.2. The highest BCUT2D eigenvalue weighted by Gasteiger charge is 2.28. The van der Waals surface area contributed by atoms with Crippen molar-refractivity contribution in [3.8, 4) is 0 Å². The highest BCUT2D eigenvalue weighted by molar-refractivity contribution is 5.99. The Morgan fingerprint density at radius 3 is 2.61 bits per heavy atom. The zero-order chi connectivity index (χ0) is 16.4. The lowest BCUT2D eigenvalue weighted by atomic mass is 10.1. The van der Waals surface area contributed by atoms with Crippen molar-refractivity contribution >= 4 is 17.3 Å². The molecule has 2 aromatic carbocycles. The van der Waals surface area contributed by atoms with Crippen LogP contribution in [0.3, 0.4) is 0 Å². The average molecular weight is 314 g/mol. The molecule has 3 N–H and O–H groups in total. The first-order valence-electron chi connectivity index (χ1n) is 7.46. The van der Waals surface area contributed by atoms with Crippen LogP contribution in [0.5, 0.6) is 0 Å². The van der Waals surface area contributed by atoms with Crippen LogP contribution in [0.25, 0.3) is 0 Å². The molecule has 0 radical (unpaired) electrons. The number of fused-ring (bicyclic) bond motifs is 1. The Morgan fingerprint density at radius 1 is 1.13 bits per heavy atom. The van der Waals surface area contributed by atoms with E-state index in [-0.39, 0.29) is 11.7 Å². The van der Waals surface area contributed by atoms with Gasteiger partial charge >= 0.3 is 0 Å². The highest BCUT2D eigenvalue weighted by Crippen LogP contribution is 2.29. The van der Waals surface area contributed by atoms with Crippen LogP contribution in [0.4, 0.5) is 15.8 Å². The number of rotatable bonds is 5. The fraction of sp³-hybridized carbons (Fsp3) is 0.235. The maximum absolute atomic E-state index is 14.3. The number of hydrogen-bond donors (Lipinski definition) is 3. The predicted octanol–water partition coefficient (Wildman–Crippen LogP) is 2.57. The molecule has 1 aliphatic rings. The molecular weight excluding hydrogens is 295 g/mol.